The van der Waals surface area contributed by atoms with Gasteiger partial charge in [0, 0.05) is 31.4 Å². The van der Waals surface area contributed by atoms with Gasteiger partial charge in [-0.15, -0.1) is 11.3 Å². The summed E-state index contributed by atoms with van der Waals surface area (Å²) < 4.78 is 27.5. The van der Waals surface area contributed by atoms with Crippen molar-refractivity contribution in [3.05, 3.63) is 28.4 Å². The van der Waals surface area contributed by atoms with Crippen LogP contribution in [0, 0.1) is 0 Å². The third-order valence-electron chi connectivity index (χ3n) is 2.66. The second kappa shape index (κ2) is 7.55. The van der Waals surface area contributed by atoms with Crippen molar-refractivity contribution in [2.45, 2.75) is 6.42 Å². The van der Waals surface area contributed by atoms with Crippen LogP contribution in [0.1, 0.15) is 11.4 Å². The van der Waals surface area contributed by atoms with Crippen LogP contribution in [0.15, 0.2) is 27.7 Å². The Bertz CT molecular complexity index is 545. The molecule has 2 rings (SSSR count). The van der Waals surface area contributed by atoms with Gasteiger partial charge in [0.15, 0.2) is 11.4 Å². The van der Waals surface area contributed by atoms with E-state index < -0.39 is 17.5 Å². The van der Waals surface area contributed by atoms with Crippen molar-refractivity contribution < 1.29 is 18.8 Å². The summed E-state index contributed by atoms with van der Waals surface area (Å²) in [5, 5.41) is 2.40. The summed E-state index contributed by atoms with van der Waals surface area (Å²) in [6, 6.07) is 0. The van der Waals surface area contributed by atoms with Gasteiger partial charge in [0.05, 0.1) is 13.7 Å². The maximum atomic E-state index is 12.3. The number of rotatable bonds is 6. The summed E-state index contributed by atoms with van der Waals surface area (Å²) in [7, 11) is 2.87. The predicted molar refractivity (Wildman–Crippen MR) is 80.1 cm³/mol. The van der Waals surface area contributed by atoms with E-state index in [9.17, 15) is 9.35 Å². The average molecular weight is 329 g/mol. The van der Waals surface area contributed by atoms with Crippen LogP contribution in [-0.4, -0.2) is 52.9 Å². The van der Waals surface area contributed by atoms with Crippen molar-refractivity contribution in [2.24, 2.45) is 4.40 Å². The average Bonchev–Trinajstić information content (AvgIpc) is 3.02. The number of thiazole rings is 1. The Labute approximate surface area is 129 Å². The number of allylic oxidation sites excluding steroid dienone is 1. The molecule has 0 aliphatic carbocycles. The zero-order valence-corrected chi connectivity index (χ0v) is 13.3. The van der Waals surface area contributed by atoms with E-state index in [0.717, 1.165) is 0 Å². The summed E-state index contributed by atoms with van der Waals surface area (Å²) in [5.41, 5.74) is 0.638. The lowest BCUT2D eigenvalue weighted by Crippen LogP contribution is -2.37. The number of esters is 1. The fourth-order valence-corrected chi connectivity index (χ4v) is 3.35. The number of carbonyl (C=O) groups excluding carboxylic acids is 1. The van der Waals surface area contributed by atoms with Crippen LogP contribution in [0.3, 0.4) is 0 Å². The van der Waals surface area contributed by atoms with Gasteiger partial charge in [-0.05, 0) is 10.8 Å². The quantitative estimate of drug-likeness (QED) is 0.438. The minimum Gasteiger partial charge on any atom is -0.566 e. The molecule has 0 amide bonds. The molecule has 1 aromatic rings. The molecule has 1 unspecified atom stereocenters. The lowest BCUT2D eigenvalue weighted by Gasteiger charge is -2.25. The Balaban J connectivity index is 2.24. The van der Waals surface area contributed by atoms with Crippen molar-refractivity contribution in [3.8, 4) is 0 Å². The van der Waals surface area contributed by atoms with Crippen LogP contribution in [0.2, 0.25) is 0 Å². The Morgan fingerprint density at radius 1 is 1.52 bits per heavy atom. The predicted octanol–water partition coefficient (Wildman–Crippen LogP) is 0.920. The fourth-order valence-electron chi connectivity index (χ4n) is 1.71. The molecule has 21 heavy (non-hydrogen) atoms. The zero-order valence-electron chi connectivity index (χ0n) is 11.6. The number of hydrogen-bond acceptors (Lipinski definition) is 8. The molecule has 1 aliphatic heterocycles. The van der Waals surface area contributed by atoms with E-state index in [4.69, 9.17) is 9.47 Å². The number of carbonyl (C=O) groups is 1. The van der Waals surface area contributed by atoms with Gasteiger partial charge in [-0.3, -0.25) is 0 Å². The van der Waals surface area contributed by atoms with E-state index in [0.29, 0.717) is 30.3 Å². The normalized spacial score (nSPS) is 18.2. The van der Waals surface area contributed by atoms with Crippen molar-refractivity contribution in [1.82, 2.24) is 9.29 Å². The van der Waals surface area contributed by atoms with Gasteiger partial charge in [0.25, 0.3) is 0 Å². The Morgan fingerprint density at radius 2 is 2.33 bits per heavy atom. The van der Waals surface area contributed by atoms with E-state index >= 15 is 0 Å². The first kappa shape index (κ1) is 16.0. The number of hydrogen-bond donors (Lipinski definition) is 0. The topological polar surface area (TPSA) is 87.1 Å². The van der Waals surface area contributed by atoms with Crippen LogP contribution >= 0.6 is 11.3 Å². The summed E-state index contributed by atoms with van der Waals surface area (Å²) in [6.07, 6.45) is 3.81. The molecule has 1 aliphatic rings. The van der Waals surface area contributed by atoms with Crippen LogP contribution < -0.4 is 0 Å². The van der Waals surface area contributed by atoms with E-state index in [1.165, 1.54) is 22.8 Å². The number of aromatic nitrogens is 1. The van der Waals surface area contributed by atoms with E-state index in [-0.39, 0.29) is 5.70 Å². The molecule has 1 aromatic heterocycles. The first-order valence-corrected chi connectivity index (χ1v) is 8.08. The largest absolute Gasteiger partial charge is 0.566 e. The molecule has 0 N–H and O–H groups in total. The second-order valence-corrected chi connectivity index (χ2v) is 5.99. The minimum absolute atomic E-state index is 0.215. The van der Waals surface area contributed by atoms with E-state index in [1.54, 1.807) is 24.8 Å². The number of methoxy groups -OCH3 is 2. The Morgan fingerprint density at radius 3 is 2.95 bits per heavy atom. The third-order valence-corrected chi connectivity index (χ3v) is 4.57. The molecule has 2 heterocycles. The standard InChI is InChI=1S/C12H15N3O4S2/c1-18-6-3-5-15-10(12(16)19-2)8-9(14-21(15)17)11-13-4-7-20-11/h4,7-8H,3,5-6H2,1-2H3. The highest BCUT2D eigenvalue weighted by Gasteiger charge is 2.34. The summed E-state index contributed by atoms with van der Waals surface area (Å²) >= 11 is -0.321. The molecule has 0 aromatic carbocycles. The van der Waals surface area contributed by atoms with Crippen LogP contribution in [-0.2, 0) is 25.8 Å². The lowest BCUT2D eigenvalue weighted by atomic mass is 10.3. The van der Waals surface area contributed by atoms with E-state index in [1.807, 2.05) is 0 Å². The molecule has 9 heteroatoms. The molecule has 0 saturated carbocycles. The van der Waals surface area contributed by atoms with Gasteiger partial charge in [-0.1, -0.05) is 0 Å². The van der Waals surface area contributed by atoms with Crippen molar-refractivity contribution in [3.63, 3.8) is 0 Å². The highest BCUT2D eigenvalue weighted by molar-refractivity contribution is 7.88. The first-order valence-electron chi connectivity index (χ1n) is 6.14. The van der Waals surface area contributed by atoms with E-state index in [2.05, 4.69) is 9.38 Å². The summed E-state index contributed by atoms with van der Waals surface area (Å²) in [4.78, 5) is 16.0. The molecule has 114 valence electrons. The van der Waals surface area contributed by atoms with Crippen molar-refractivity contribution >= 4 is 34.6 Å². The third kappa shape index (κ3) is 3.82. The molecule has 0 saturated heterocycles. The molecule has 0 fully saturated rings. The smallest absolute Gasteiger partial charge is 0.359 e. The molecule has 0 bridgehead atoms. The monoisotopic (exact) mass is 329 g/mol. The van der Waals surface area contributed by atoms with Crippen molar-refractivity contribution in [1.29, 1.82) is 0 Å². The first-order chi connectivity index (χ1) is 10.2. The lowest BCUT2D eigenvalue weighted by molar-refractivity contribution is -0.137. The Hall–Kier alpha value is -1.42. The van der Waals surface area contributed by atoms with Crippen LogP contribution in [0.5, 0.6) is 0 Å². The van der Waals surface area contributed by atoms with Gasteiger partial charge in [0.2, 0.25) is 11.5 Å². The highest BCUT2D eigenvalue weighted by atomic mass is 32.2. The number of nitrogens with zero attached hydrogens (tertiary/aromatic N) is 3. The molecule has 0 radical (unpaired) electrons. The minimum atomic E-state index is -1.69. The maximum Gasteiger partial charge on any atom is 0.359 e. The Kier molecular flexibility index (Phi) is 5.74. The fraction of sp³-hybridized carbons (Fsp3) is 0.417. The van der Waals surface area contributed by atoms with Gasteiger partial charge >= 0.3 is 5.97 Å². The van der Waals surface area contributed by atoms with Gasteiger partial charge in [-0.2, -0.15) is 4.31 Å². The van der Waals surface area contributed by atoms with Gasteiger partial charge < -0.3 is 14.0 Å². The van der Waals surface area contributed by atoms with Gasteiger partial charge in [-0.25, -0.2) is 9.78 Å². The van der Waals surface area contributed by atoms with Crippen molar-refractivity contribution in [2.75, 3.05) is 27.4 Å². The summed E-state index contributed by atoms with van der Waals surface area (Å²) in [6.45, 7) is 0.890. The maximum absolute atomic E-state index is 12.3. The summed E-state index contributed by atoms with van der Waals surface area (Å²) in [5.74, 6) is -0.551. The molecule has 1 atom stereocenters. The van der Waals surface area contributed by atoms with Gasteiger partial charge in [0.1, 0.15) is 5.01 Å². The molecular formula is C12H15N3O4S2. The van der Waals surface area contributed by atoms with Crippen LogP contribution in [0.25, 0.3) is 0 Å². The van der Waals surface area contributed by atoms with Crippen LogP contribution in [0.4, 0.5) is 0 Å². The second-order valence-electron chi connectivity index (χ2n) is 4.01. The molecule has 0 spiro atoms. The SMILES string of the molecule is COCCCN1C(C(=O)OC)=CC(c2nccs2)=N[S+]1[O-]. The molecule has 7 nitrogen and oxygen atoms in total. The molecular weight excluding hydrogens is 314 g/mol. The highest BCUT2D eigenvalue weighted by Crippen LogP contribution is 2.23. The number of ether oxygens (including phenoxy) is 2. The zero-order chi connectivity index (χ0) is 15.2.